The normalized spacial score (nSPS) is 18.0. The van der Waals surface area contributed by atoms with Gasteiger partial charge in [-0.05, 0) is 26.8 Å². The Bertz CT molecular complexity index is 496. The molecule has 114 valence electrons. The van der Waals surface area contributed by atoms with Crippen molar-refractivity contribution in [3.05, 3.63) is 35.4 Å². The molecule has 0 bridgehead atoms. The minimum Gasteiger partial charge on any atom is -0.338 e. The summed E-state index contributed by atoms with van der Waals surface area (Å²) in [5, 5.41) is 3.13. The van der Waals surface area contributed by atoms with Crippen molar-refractivity contribution in [2.45, 2.75) is 38.6 Å². The molecule has 1 heterocycles. The number of ketones is 1. The van der Waals surface area contributed by atoms with Crippen molar-refractivity contribution in [1.29, 1.82) is 0 Å². The van der Waals surface area contributed by atoms with Crippen LogP contribution in [0.2, 0.25) is 0 Å². The molecule has 1 unspecified atom stereocenters. The second-order valence-corrected chi connectivity index (χ2v) is 5.73. The minimum absolute atomic E-state index is 0.0488. The summed E-state index contributed by atoms with van der Waals surface area (Å²) in [6.07, 6.45) is 2.72. The van der Waals surface area contributed by atoms with Gasteiger partial charge >= 0.3 is 0 Å². The van der Waals surface area contributed by atoms with E-state index in [1.165, 1.54) is 0 Å². The van der Waals surface area contributed by atoms with Gasteiger partial charge in [-0.3, -0.25) is 9.59 Å². The highest BCUT2D eigenvalue weighted by Gasteiger charge is 2.27. The molecule has 0 spiro atoms. The van der Waals surface area contributed by atoms with E-state index in [4.69, 9.17) is 0 Å². The van der Waals surface area contributed by atoms with Crippen molar-refractivity contribution in [1.82, 2.24) is 10.2 Å². The zero-order valence-electron chi connectivity index (χ0n) is 12.9. The molecule has 4 nitrogen and oxygen atoms in total. The second kappa shape index (κ2) is 7.36. The van der Waals surface area contributed by atoms with E-state index in [2.05, 4.69) is 5.32 Å². The van der Waals surface area contributed by atoms with E-state index < -0.39 is 0 Å². The molecule has 0 aliphatic carbocycles. The van der Waals surface area contributed by atoms with Crippen LogP contribution in [0.3, 0.4) is 0 Å². The predicted octanol–water partition coefficient (Wildman–Crippen LogP) is 2.17. The van der Waals surface area contributed by atoms with E-state index in [1.807, 2.05) is 43.1 Å². The van der Waals surface area contributed by atoms with Crippen LogP contribution in [0.5, 0.6) is 0 Å². The lowest BCUT2D eigenvalue weighted by Gasteiger charge is -2.24. The van der Waals surface area contributed by atoms with Crippen LogP contribution in [0.1, 0.15) is 41.6 Å². The Balaban J connectivity index is 1.86. The first-order valence-electron chi connectivity index (χ1n) is 7.65. The molecule has 1 fully saturated rings. The molecule has 0 radical (unpaired) electrons. The lowest BCUT2D eigenvalue weighted by Crippen LogP contribution is -2.40. The van der Waals surface area contributed by atoms with E-state index in [9.17, 15) is 9.59 Å². The van der Waals surface area contributed by atoms with Crippen molar-refractivity contribution in [2.24, 2.45) is 0 Å². The van der Waals surface area contributed by atoms with Crippen LogP contribution in [0.25, 0.3) is 0 Å². The highest BCUT2D eigenvalue weighted by Crippen LogP contribution is 2.18. The molecule has 1 aliphatic rings. The van der Waals surface area contributed by atoms with Gasteiger partial charge < -0.3 is 10.2 Å². The average molecular weight is 288 g/mol. The summed E-state index contributed by atoms with van der Waals surface area (Å²) < 4.78 is 0. The second-order valence-electron chi connectivity index (χ2n) is 5.73. The maximum Gasteiger partial charge on any atom is 0.223 e. The smallest absolute Gasteiger partial charge is 0.223 e. The molecule has 1 atom stereocenters. The van der Waals surface area contributed by atoms with Gasteiger partial charge in [0.05, 0.1) is 0 Å². The number of likely N-dealkylation sites (N-methyl/N-ethyl adjacent to an activating group) is 1. The van der Waals surface area contributed by atoms with E-state index in [1.54, 1.807) is 0 Å². The molecule has 1 N–H and O–H groups in total. The fourth-order valence-electron chi connectivity index (χ4n) is 2.86. The number of likely N-dealkylation sites (tertiary alicyclic amines) is 1. The van der Waals surface area contributed by atoms with Gasteiger partial charge in [-0.2, -0.15) is 0 Å². The number of amides is 1. The number of nitrogens with one attached hydrogen (secondary N) is 1. The molecule has 2 rings (SSSR count). The highest BCUT2D eigenvalue weighted by molar-refractivity contribution is 5.98. The Labute approximate surface area is 126 Å². The van der Waals surface area contributed by atoms with Crippen molar-refractivity contribution < 1.29 is 9.59 Å². The Kier molecular flexibility index (Phi) is 5.51. The molecular formula is C17H24N2O2. The molecule has 0 saturated carbocycles. The molecule has 0 aromatic heterocycles. The topological polar surface area (TPSA) is 49.4 Å². The number of benzene rings is 1. The van der Waals surface area contributed by atoms with Crippen LogP contribution in [-0.4, -0.2) is 42.8 Å². The number of nitrogens with zero attached hydrogens (tertiary/aromatic N) is 1. The number of hydrogen-bond donors (Lipinski definition) is 1. The molecule has 4 heteroatoms. The van der Waals surface area contributed by atoms with Crippen LogP contribution >= 0.6 is 0 Å². The number of aryl methyl sites for hydroxylation is 1. The van der Waals surface area contributed by atoms with Crippen LogP contribution in [0.15, 0.2) is 24.3 Å². The van der Waals surface area contributed by atoms with Gasteiger partial charge in [0.2, 0.25) is 5.91 Å². The highest BCUT2D eigenvalue weighted by atomic mass is 16.2. The molecular weight excluding hydrogens is 264 g/mol. The summed E-state index contributed by atoms with van der Waals surface area (Å²) in [6.45, 7) is 3.65. The van der Waals surface area contributed by atoms with Gasteiger partial charge in [0.1, 0.15) is 0 Å². The fraction of sp³-hybridized carbons (Fsp3) is 0.529. The minimum atomic E-state index is 0.0488. The number of hydrogen-bond acceptors (Lipinski definition) is 3. The lowest BCUT2D eigenvalue weighted by molar-refractivity contribution is -0.131. The van der Waals surface area contributed by atoms with Gasteiger partial charge in [0, 0.05) is 37.5 Å². The fourth-order valence-corrected chi connectivity index (χ4v) is 2.86. The molecule has 1 aromatic rings. The SMILES string of the molecule is CNCC1CCCN1C(=O)CCC(=O)c1ccc(C)cc1. The molecule has 21 heavy (non-hydrogen) atoms. The quantitative estimate of drug-likeness (QED) is 0.816. The zero-order chi connectivity index (χ0) is 15.2. The van der Waals surface area contributed by atoms with E-state index >= 15 is 0 Å². The van der Waals surface area contributed by atoms with Crippen molar-refractivity contribution in [3.63, 3.8) is 0 Å². The Morgan fingerprint density at radius 3 is 2.62 bits per heavy atom. The van der Waals surface area contributed by atoms with Crippen molar-refractivity contribution >= 4 is 11.7 Å². The Hall–Kier alpha value is -1.68. The first-order valence-corrected chi connectivity index (χ1v) is 7.65. The van der Waals surface area contributed by atoms with Crippen LogP contribution in [0, 0.1) is 6.92 Å². The number of carbonyl (C=O) groups excluding carboxylic acids is 2. The maximum atomic E-state index is 12.3. The first kappa shape index (κ1) is 15.7. The van der Waals surface area contributed by atoms with Crippen LogP contribution < -0.4 is 5.32 Å². The Morgan fingerprint density at radius 2 is 1.95 bits per heavy atom. The van der Waals surface area contributed by atoms with Gasteiger partial charge in [-0.15, -0.1) is 0 Å². The van der Waals surface area contributed by atoms with E-state index in [0.717, 1.165) is 31.5 Å². The standard InChI is InChI=1S/C17H24N2O2/c1-13-5-7-14(8-6-13)16(20)9-10-17(21)19-11-3-4-15(19)12-18-2/h5-8,15,18H,3-4,9-12H2,1-2H3. The summed E-state index contributed by atoms with van der Waals surface area (Å²) in [4.78, 5) is 26.3. The van der Waals surface area contributed by atoms with Gasteiger partial charge in [0.25, 0.3) is 0 Å². The van der Waals surface area contributed by atoms with Crippen LogP contribution in [0.4, 0.5) is 0 Å². The zero-order valence-corrected chi connectivity index (χ0v) is 12.9. The maximum absolute atomic E-state index is 12.3. The molecule has 1 aliphatic heterocycles. The average Bonchev–Trinajstić information content (AvgIpc) is 2.94. The molecule has 1 saturated heterocycles. The predicted molar refractivity (Wildman–Crippen MR) is 83.4 cm³/mol. The Morgan fingerprint density at radius 1 is 1.24 bits per heavy atom. The van der Waals surface area contributed by atoms with Crippen molar-refractivity contribution in [2.75, 3.05) is 20.1 Å². The molecule has 1 amide bonds. The summed E-state index contributed by atoms with van der Waals surface area (Å²) in [5.74, 6) is 0.154. The summed E-state index contributed by atoms with van der Waals surface area (Å²) in [7, 11) is 1.90. The third-order valence-electron chi connectivity index (χ3n) is 4.08. The summed E-state index contributed by atoms with van der Waals surface area (Å²) >= 11 is 0. The monoisotopic (exact) mass is 288 g/mol. The largest absolute Gasteiger partial charge is 0.338 e. The number of rotatable bonds is 6. The summed E-state index contributed by atoms with van der Waals surface area (Å²) in [5.41, 5.74) is 1.83. The lowest BCUT2D eigenvalue weighted by atomic mass is 10.0. The third kappa shape index (κ3) is 4.14. The van der Waals surface area contributed by atoms with Gasteiger partial charge in [-0.1, -0.05) is 29.8 Å². The van der Waals surface area contributed by atoms with Gasteiger partial charge in [0.15, 0.2) is 5.78 Å². The molecule has 1 aromatic carbocycles. The summed E-state index contributed by atoms with van der Waals surface area (Å²) in [6, 6.07) is 7.82. The third-order valence-corrected chi connectivity index (χ3v) is 4.08. The first-order chi connectivity index (χ1) is 10.1. The van der Waals surface area contributed by atoms with Crippen molar-refractivity contribution in [3.8, 4) is 0 Å². The van der Waals surface area contributed by atoms with E-state index in [0.29, 0.717) is 18.4 Å². The van der Waals surface area contributed by atoms with Gasteiger partial charge in [-0.25, -0.2) is 0 Å². The van der Waals surface area contributed by atoms with Crippen LogP contribution in [-0.2, 0) is 4.79 Å². The number of Topliss-reactive ketones (excluding diaryl/α,β-unsaturated/α-hetero) is 1. The number of carbonyl (C=O) groups is 2. The van der Waals surface area contributed by atoms with E-state index in [-0.39, 0.29) is 17.7 Å².